The van der Waals surface area contributed by atoms with E-state index in [9.17, 15) is 9.59 Å². The largest absolute Gasteiger partial charge is 0.467 e. The first kappa shape index (κ1) is 13.8. The minimum atomic E-state index is -0.789. The lowest BCUT2D eigenvalue weighted by Crippen LogP contribution is -2.43. The maximum atomic E-state index is 12.1. The number of carbonyl (C=O) groups is 2. The number of aromatic nitrogens is 4. The van der Waals surface area contributed by atoms with Gasteiger partial charge in [-0.25, -0.2) is 9.78 Å². The zero-order valence-electron chi connectivity index (χ0n) is 11.2. The number of amides is 1. The summed E-state index contributed by atoms with van der Waals surface area (Å²) in [4.78, 5) is 30.6. The van der Waals surface area contributed by atoms with E-state index in [1.54, 1.807) is 19.3 Å². The second-order valence-corrected chi connectivity index (χ2v) is 4.17. The number of aromatic amines is 1. The number of nitrogens with zero attached hydrogens (tertiary/aromatic N) is 3. The summed E-state index contributed by atoms with van der Waals surface area (Å²) in [5, 5.41) is 6.54. The summed E-state index contributed by atoms with van der Waals surface area (Å²) in [5.74, 6) is -0.907. The molecule has 0 spiro atoms. The molecule has 0 aliphatic heterocycles. The molecule has 0 aliphatic rings. The molecule has 0 aliphatic carbocycles. The Morgan fingerprint density at radius 1 is 1.55 bits per heavy atom. The van der Waals surface area contributed by atoms with Crippen LogP contribution in [-0.4, -0.2) is 44.8 Å². The molecule has 0 saturated heterocycles. The van der Waals surface area contributed by atoms with E-state index in [-0.39, 0.29) is 12.3 Å². The Labute approximate surface area is 115 Å². The second-order valence-electron chi connectivity index (χ2n) is 4.17. The van der Waals surface area contributed by atoms with Gasteiger partial charge in [-0.1, -0.05) is 0 Å². The SMILES string of the molecule is COC(=O)[C@H](Cc1cnc[nH]1)NC(=O)c1ccnn1C. The van der Waals surface area contributed by atoms with Crippen molar-refractivity contribution in [1.29, 1.82) is 0 Å². The Hall–Kier alpha value is -2.64. The van der Waals surface area contributed by atoms with Crippen molar-refractivity contribution in [2.75, 3.05) is 7.11 Å². The highest BCUT2D eigenvalue weighted by atomic mass is 16.5. The lowest BCUT2D eigenvalue weighted by Gasteiger charge is -2.15. The van der Waals surface area contributed by atoms with E-state index < -0.39 is 12.0 Å². The van der Waals surface area contributed by atoms with E-state index in [2.05, 4.69) is 20.4 Å². The van der Waals surface area contributed by atoms with Crippen LogP contribution in [0.5, 0.6) is 0 Å². The molecule has 2 aromatic heterocycles. The number of rotatable bonds is 5. The van der Waals surface area contributed by atoms with Gasteiger partial charge in [-0.05, 0) is 6.07 Å². The summed E-state index contributed by atoms with van der Waals surface area (Å²) in [7, 11) is 2.93. The van der Waals surface area contributed by atoms with Gasteiger partial charge in [0.15, 0.2) is 0 Å². The molecule has 0 unspecified atom stereocenters. The molecule has 8 heteroatoms. The van der Waals surface area contributed by atoms with Crippen LogP contribution in [0.15, 0.2) is 24.8 Å². The van der Waals surface area contributed by atoms with Gasteiger partial charge in [-0.3, -0.25) is 9.48 Å². The van der Waals surface area contributed by atoms with Crippen molar-refractivity contribution in [3.63, 3.8) is 0 Å². The average molecular weight is 277 g/mol. The van der Waals surface area contributed by atoms with E-state index in [1.165, 1.54) is 24.3 Å². The Kier molecular flexibility index (Phi) is 4.14. The molecule has 8 nitrogen and oxygen atoms in total. The van der Waals surface area contributed by atoms with Crippen LogP contribution in [0, 0.1) is 0 Å². The molecule has 2 aromatic rings. The predicted molar refractivity (Wildman–Crippen MR) is 68.8 cm³/mol. The van der Waals surface area contributed by atoms with Gasteiger partial charge in [0.2, 0.25) is 0 Å². The molecule has 20 heavy (non-hydrogen) atoms. The number of nitrogens with one attached hydrogen (secondary N) is 2. The molecular weight excluding hydrogens is 262 g/mol. The van der Waals surface area contributed by atoms with Crippen LogP contribution in [0.4, 0.5) is 0 Å². The van der Waals surface area contributed by atoms with Crippen molar-refractivity contribution in [3.8, 4) is 0 Å². The van der Waals surface area contributed by atoms with Crippen molar-refractivity contribution < 1.29 is 14.3 Å². The standard InChI is InChI=1S/C12H15N5O3/c1-17-10(3-4-15-17)11(18)16-9(12(19)20-2)5-8-6-13-7-14-8/h3-4,6-7,9H,5H2,1-2H3,(H,13,14)(H,16,18)/t9-/m0/s1. The molecule has 1 atom stereocenters. The quantitative estimate of drug-likeness (QED) is 0.728. The van der Waals surface area contributed by atoms with Crippen LogP contribution in [0.1, 0.15) is 16.2 Å². The maximum Gasteiger partial charge on any atom is 0.328 e. The number of hydrogen-bond donors (Lipinski definition) is 2. The van der Waals surface area contributed by atoms with Crippen molar-refractivity contribution >= 4 is 11.9 Å². The summed E-state index contributed by atoms with van der Waals surface area (Å²) in [6.07, 6.45) is 4.88. The molecule has 0 aromatic carbocycles. The number of aryl methyl sites for hydroxylation is 1. The third-order valence-electron chi connectivity index (χ3n) is 2.82. The number of methoxy groups -OCH3 is 1. The summed E-state index contributed by atoms with van der Waals surface area (Å²) in [6, 6.07) is 0.780. The Morgan fingerprint density at radius 3 is 2.90 bits per heavy atom. The minimum Gasteiger partial charge on any atom is -0.467 e. The normalized spacial score (nSPS) is 11.9. The molecule has 2 rings (SSSR count). The van der Waals surface area contributed by atoms with Crippen LogP contribution < -0.4 is 5.32 Å². The zero-order chi connectivity index (χ0) is 14.5. The highest BCUT2D eigenvalue weighted by molar-refractivity contribution is 5.95. The van der Waals surface area contributed by atoms with Crippen molar-refractivity contribution in [2.45, 2.75) is 12.5 Å². The van der Waals surface area contributed by atoms with Crippen LogP contribution in [-0.2, 0) is 23.0 Å². The van der Waals surface area contributed by atoms with Crippen molar-refractivity contribution in [3.05, 3.63) is 36.2 Å². The molecule has 0 saturated carbocycles. The fourth-order valence-corrected chi connectivity index (χ4v) is 1.78. The highest BCUT2D eigenvalue weighted by Gasteiger charge is 2.24. The summed E-state index contributed by atoms with van der Waals surface area (Å²) >= 11 is 0. The monoisotopic (exact) mass is 277 g/mol. The first-order valence-corrected chi connectivity index (χ1v) is 5.95. The van der Waals surface area contributed by atoms with Gasteiger partial charge >= 0.3 is 5.97 Å². The Balaban J connectivity index is 2.10. The van der Waals surface area contributed by atoms with E-state index >= 15 is 0 Å². The molecule has 0 radical (unpaired) electrons. The number of esters is 1. The predicted octanol–water partition coefficient (Wildman–Crippen LogP) is -0.343. The van der Waals surface area contributed by atoms with Gasteiger partial charge in [0, 0.05) is 31.6 Å². The van der Waals surface area contributed by atoms with Crippen LogP contribution in [0.2, 0.25) is 0 Å². The van der Waals surface area contributed by atoms with Gasteiger partial charge in [0.25, 0.3) is 5.91 Å². The third kappa shape index (κ3) is 3.02. The smallest absolute Gasteiger partial charge is 0.328 e. The van der Waals surface area contributed by atoms with Gasteiger partial charge < -0.3 is 15.0 Å². The maximum absolute atomic E-state index is 12.1. The molecule has 2 N–H and O–H groups in total. The summed E-state index contributed by atoms with van der Waals surface area (Å²) < 4.78 is 6.13. The van der Waals surface area contributed by atoms with Gasteiger partial charge in [0.1, 0.15) is 11.7 Å². The average Bonchev–Trinajstić information content (AvgIpc) is 3.08. The Morgan fingerprint density at radius 2 is 2.35 bits per heavy atom. The lowest BCUT2D eigenvalue weighted by molar-refractivity contribution is -0.142. The fraction of sp³-hybridized carbons (Fsp3) is 0.333. The van der Waals surface area contributed by atoms with Gasteiger partial charge in [-0.2, -0.15) is 5.10 Å². The number of ether oxygens (including phenoxy) is 1. The lowest BCUT2D eigenvalue weighted by atomic mass is 10.1. The third-order valence-corrected chi connectivity index (χ3v) is 2.82. The van der Waals surface area contributed by atoms with Crippen LogP contribution >= 0.6 is 0 Å². The van der Waals surface area contributed by atoms with Crippen molar-refractivity contribution in [2.24, 2.45) is 7.05 Å². The van der Waals surface area contributed by atoms with Crippen molar-refractivity contribution in [1.82, 2.24) is 25.1 Å². The van der Waals surface area contributed by atoms with Gasteiger partial charge in [0.05, 0.1) is 13.4 Å². The molecule has 0 fully saturated rings. The van der Waals surface area contributed by atoms with E-state index in [0.717, 1.165) is 5.69 Å². The molecule has 1 amide bonds. The molecule has 2 heterocycles. The number of imidazole rings is 1. The Bertz CT molecular complexity index is 590. The topological polar surface area (TPSA) is 102 Å². The van der Waals surface area contributed by atoms with E-state index in [4.69, 9.17) is 4.74 Å². The number of H-pyrrole nitrogens is 1. The molecule has 0 bridgehead atoms. The molecule has 106 valence electrons. The number of carbonyl (C=O) groups excluding carboxylic acids is 2. The summed E-state index contributed by atoms with van der Waals surface area (Å²) in [5.41, 5.74) is 1.09. The second kappa shape index (κ2) is 6.00. The number of hydrogen-bond acceptors (Lipinski definition) is 5. The minimum absolute atomic E-state index is 0.274. The summed E-state index contributed by atoms with van der Waals surface area (Å²) in [6.45, 7) is 0. The molecular formula is C12H15N5O3. The van der Waals surface area contributed by atoms with E-state index in [1.807, 2.05) is 0 Å². The first-order valence-electron chi connectivity index (χ1n) is 5.95. The van der Waals surface area contributed by atoms with E-state index in [0.29, 0.717) is 5.69 Å². The first-order chi connectivity index (χ1) is 9.61. The van der Waals surface area contributed by atoms with Gasteiger partial charge in [-0.15, -0.1) is 0 Å². The van der Waals surface area contributed by atoms with Crippen LogP contribution in [0.3, 0.4) is 0 Å². The highest BCUT2D eigenvalue weighted by Crippen LogP contribution is 2.03. The fourth-order valence-electron chi connectivity index (χ4n) is 1.78. The zero-order valence-corrected chi connectivity index (χ0v) is 11.2. The van der Waals surface area contributed by atoms with Crippen LogP contribution in [0.25, 0.3) is 0 Å².